The number of hydrogen-bond acceptors (Lipinski definition) is 3. The lowest BCUT2D eigenvalue weighted by atomic mass is 10.1. The second kappa shape index (κ2) is 5.69. The van der Waals surface area contributed by atoms with E-state index in [2.05, 4.69) is 38.0 Å². The van der Waals surface area contributed by atoms with E-state index in [0.29, 0.717) is 12.1 Å². The van der Waals surface area contributed by atoms with E-state index in [9.17, 15) is 0 Å². The standard InChI is InChI=1S/C11H24N2O/c1-9(2)14-6-5-13(4)11-8-12-7-10(11)3/h9-12H,5-8H2,1-4H3. The molecule has 1 fully saturated rings. The molecule has 0 aromatic heterocycles. The molecule has 1 saturated heterocycles. The first kappa shape index (κ1) is 12.0. The van der Waals surface area contributed by atoms with Crippen LogP contribution in [-0.4, -0.2) is 50.3 Å². The summed E-state index contributed by atoms with van der Waals surface area (Å²) in [4.78, 5) is 2.41. The predicted molar refractivity (Wildman–Crippen MR) is 59.5 cm³/mol. The van der Waals surface area contributed by atoms with Crippen LogP contribution in [0.15, 0.2) is 0 Å². The summed E-state index contributed by atoms with van der Waals surface area (Å²) in [5.41, 5.74) is 0. The Labute approximate surface area is 87.8 Å². The maximum absolute atomic E-state index is 5.55. The Bertz CT molecular complexity index is 161. The van der Waals surface area contributed by atoms with Gasteiger partial charge >= 0.3 is 0 Å². The molecule has 3 nitrogen and oxygen atoms in total. The molecular formula is C11H24N2O. The molecule has 1 aliphatic rings. The average molecular weight is 200 g/mol. The highest BCUT2D eigenvalue weighted by Crippen LogP contribution is 2.13. The fraction of sp³-hybridized carbons (Fsp3) is 1.00. The minimum Gasteiger partial charge on any atom is -0.377 e. The van der Waals surface area contributed by atoms with Gasteiger partial charge in [-0.25, -0.2) is 0 Å². The number of ether oxygens (including phenoxy) is 1. The van der Waals surface area contributed by atoms with Crippen molar-refractivity contribution in [1.29, 1.82) is 0 Å². The number of likely N-dealkylation sites (N-methyl/N-ethyl adjacent to an activating group) is 1. The van der Waals surface area contributed by atoms with Crippen LogP contribution in [0.5, 0.6) is 0 Å². The molecule has 2 unspecified atom stereocenters. The topological polar surface area (TPSA) is 24.5 Å². The number of rotatable bonds is 5. The maximum Gasteiger partial charge on any atom is 0.0596 e. The van der Waals surface area contributed by atoms with E-state index in [0.717, 1.165) is 32.2 Å². The SMILES string of the molecule is CC(C)OCCN(C)C1CNCC1C. The highest BCUT2D eigenvalue weighted by atomic mass is 16.5. The Balaban J connectivity index is 2.17. The number of nitrogens with one attached hydrogen (secondary N) is 1. The summed E-state index contributed by atoms with van der Waals surface area (Å²) in [5, 5.41) is 3.42. The van der Waals surface area contributed by atoms with E-state index < -0.39 is 0 Å². The largest absolute Gasteiger partial charge is 0.377 e. The second-order valence-corrected chi connectivity index (χ2v) is 4.60. The minimum absolute atomic E-state index is 0.350. The molecule has 0 radical (unpaired) electrons. The van der Waals surface area contributed by atoms with E-state index in [1.165, 1.54) is 0 Å². The molecule has 1 heterocycles. The van der Waals surface area contributed by atoms with Crippen LogP contribution in [0.2, 0.25) is 0 Å². The molecule has 14 heavy (non-hydrogen) atoms. The first-order valence-corrected chi connectivity index (χ1v) is 5.64. The molecule has 0 aromatic carbocycles. The molecular weight excluding hydrogens is 176 g/mol. The highest BCUT2D eigenvalue weighted by Gasteiger charge is 2.26. The molecule has 0 bridgehead atoms. The summed E-state index contributed by atoms with van der Waals surface area (Å²) >= 11 is 0. The third-order valence-corrected chi connectivity index (χ3v) is 2.94. The van der Waals surface area contributed by atoms with Gasteiger partial charge in [0.2, 0.25) is 0 Å². The molecule has 0 aromatic rings. The molecule has 1 aliphatic heterocycles. The fourth-order valence-electron chi connectivity index (χ4n) is 1.98. The van der Waals surface area contributed by atoms with Crippen molar-refractivity contribution in [3.05, 3.63) is 0 Å². The van der Waals surface area contributed by atoms with Crippen molar-refractivity contribution in [3.8, 4) is 0 Å². The van der Waals surface area contributed by atoms with Gasteiger partial charge < -0.3 is 10.1 Å². The van der Waals surface area contributed by atoms with Gasteiger partial charge in [0, 0.05) is 19.1 Å². The molecule has 1 N–H and O–H groups in total. The zero-order valence-corrected chi connectivity index (χ0v) is 9.92. The van der Waals surface area contributed by atoms with Gasteiger partial charge in [-0.3, -0.25) is 4.90 Å². The molecule has 0 saturated carbocycles. The molecule has 1 rings (SSSR count). The van der Waals surface area contributed by atoms with E-state index in [4.69, 9.17) is 4.74 Å². The maximum atomic E-state index is 5.55. The first-order valence-electron chi connectivity index (χ1n) is 5.64. The number of hydrogen-bond donors (Lipinski definition) is 1. The third kappa shape index (κ3) is 3.56. The van der Waals surface area contributed by atoms with Crippen molar-refractivity contribution < 1.29 is 4.74 Å². The zero-order chi connectivity index (χ0) is 10.6. The third-order valence-electron chi connectivity index (χ3n) is 2.94. The van der Waals surface area contributed by atoms with Crippen LogP contribution in [0.4, 0.5) is 0 Å². The van der Waals surface area contributed by atoms with Crippen LogP contribution in [0.25, 0.3) is 0 Å². The summed E-state index contributed by atoms with van der Waals surface area (Å²) in [6.07, 6.45) is 0.350. The van der Waals surface area contributed by atoms with Gasteiger partial charge in [0.05, 0.1) is 12.7 Å². The molecule has 0 amide bonds. The summed E-state index contributed by atoms with van der Waals surface area (Å²) < 4.78 is 5.55. The smallest absolute Gasteiger partial charge is 0.0596 e. The molecule has 3 heteroatoms. The molecule has 0 spiro atoms. The molecule has 84 valence electrons. The number of nitrogens with zero attached hydrogens (tertiary/aromatic N) is 1. The Kier molecular flexibility index (Phi) is 4.85. The van der Waals surface area contributed by atoms with Crippen molar-refractivity contribution in [2.45, 2.75) is 32.9 Å². The van der Waals surface area contributed by atoms with E-state index in [1.807, 2.05) is 0 Å². The Morgan fingerprint density at radius 2 is 2.14 bits per heavy atom. The van der Waals surface area contributed by atoms with Gasteiger partial charge in [0.25, 0.3) is 0 Å². The van der Waals surface area contributed by atoms with E-state index in [-0.39, 0.29) is 0 Å². The van der Waals surface area contributed by atoms with Crippen LogP contribution in [0, 0.1) is 5.92 Å². The van der Waals surface area contributed by atoms with Crippen molar-refractivity contribution in [3.63, 3.8) is 0 Å². The van der Waals surface area contributed by atoms with Gasteiger partial charge in [-0.2, -0.15) is 0 Å². The predicted octanol–water partition coefficient (Wildman–Crippen LogP) is 0.951. The zero-order valence-electron chi connectivity index (χ0n) is 9.92. The normalized spacial score (nSPS) is 27.9. The van der Waals surface area contributed by atoms with E-state index >= 15 is 0 Å². The first-order chi connectivity index (χ1) is 6.61. The average Bonchev–Trinajstić information content (AvgIpc) is 2.50. The molecule has 2 atom stereocenters. The summed E-state index contributed by atoms with van der Waals surface area (Å²) in [6, 6.07) is 0.686. The summed E-state index contributed by atoms with van der Waals surface area (Å²) in [6.45, 7) is 10.6. The lowest BCUT2D eigenvalue weighted by Crippen LogP contribution is -2.39. The van der Waals surface area contributed by atoms with Crippen LogP contribution in [0.3, 0.4) is 0 Å². The fourth-order valence-corrected chi connectivity index (χ4v) is 1.98. The lowest BCUT2D eigenvalue weighted by molar-refractivity contribution is 0.0541. The molecule has 0 aliphatic carbocycles. The van der Waals surface area contributed by atoms with Gasteiger partial charge in [-0.15, -0.1) is 0 Å². The Morgan fingerprint density at radius 1 is 1.43 bits per heavy atom. The van der Waals surface area contributed by atoms with Crippen LogP contribution >= 0.6 is 0 Å². The lowest BCUT2D eigenvalue weighted by Gasteiger charge is -2.27. The van der Waals surface area contributed by atoms with Gasteiger partial charge in [-0.05, 0) is 33.4 Å². The van der Waals surface area contributed by atoms with Gasteiger partial charge in [0.15, 0.2) is 0 Å². The van der Waals surface area contributed by atoms with E-state index in [1.54, 1.807) is 0 Å². The quantitative estimate of drug-likeness (QED) is 0.715. The Hall–Kier alpha value is -0.120. The van der Waals surface area contributed by atoms with Crippen molar-refractivity contribution >= 4 is 0 Å². The summed E-state index contributed by atoms with van der Waals surface area (Å²) in [5.74, 6) is 0.763. The summed E-state index contributed by atoms with van der Waals surface area (Å²) in [7, 11) is 2.19. The minimum atomic E-state index is 0.350. The van der Waals surface area contributed by atoms with Gasteiger partial charge in [0.1, 0.15) is 0 Å². The van der Waals surface area contributed by atoms with Crippen molar-refractivity contribution in [1.82, 2.24) is 10.2 Å². The van der Waals surface area contributed by atoms with Crippen LogP contribution in [0.1, 0.15) is 20.8 Å². The van der Waals surface area contributed by atoms with Crippen molar-refractivity contribution in [2.75, 3.05) is 33.3 Å². The monoisotopic (exact) mass is 200 g/mol. The Morgan fingerprint density at radius 3 is 2.64 bits per heavy atom. The van der Waals surface area contributed by atoms with Crippen LogP contribution < -0.4 is 5.32 Å². The highest BCUT2D eigenvalue weighted by molar-refractivity contribution is 4.84. The van der Waals surface area contributed by atoms with Crippen LogP contribution in [-0.2, 0) is 4.74 Å². The van der Waals surface area contributed by atoms with Gasteiger partial charge in [-0.1, -0.05) is 6.92 Å². The second-order valence-electron chi connectivity index (χ2n) is 4.60. The van der Waals surface area contributed by atoms with Crippen molar-refractivity contribution in [2.24, 2.45) is 5.92 Å².